The van der Waals surface area contributed by atoms with Crippen LogP contribution < -0.4 is 5.32 Å². The number of benzene rings is 1. The number of aliphatic hydroxyl groups excluding tert-OH is 1. The van der Waals surface area contributed by atoms with Crippen molar-refractivity contribution in [3.63, 3.8) is 0 Å². The molecule has 2 aromatic heterocycles. The number of aromatic nitrogens is 4. The molecule has 3 heterocycles. The minimum Gasteiger partial charge on any atom is -0.396 e. The molecule has 1 aliphatic rings. The van der Waals surface area contributed by atoms with E-state index in [0.29, 0.717) is 53.5 Å². The first kappa shape index (κ1) is 22.2. The highest BCUT2D eigenvalue weighted by Gasteiger charge is 2.24. The highest BCUT2D eigenvalue weighted by Crippen LogP contribution is 2.31. The van der Waals surface area contributed by atoms with Gasteiger partial charge in [-0.1, -0.05) is 0 Å². The number of aromatic amines is 1. The monoisotopic (exact) mass is 444 g/mol. The Morgan fingerprint density at radius 1 is 1.38 bits per heavy atom. The Balaban J connectivity index is 1.73. The van der Waals surface area contributed by atoms with Gasteiger partial charge in [0.05, 0.1) is 22.9 Å². The Labute approximate surface area is 185 Å². The van der Waals surface area contributed by atoms with Crippen LogP contribution in [0.15, 0.2) is 18.3 Å². The fourth-order valence-corrected chi connectivity index (χ4v) is 3.94. The molecule has 1 unspecified atom stereocenters. The van der Waals surface area contributed by atoms with Crippen molar-refractivity contribution < 1.29 is 19.0 Å². The van der Waals surface area contributed by atoms with E-state index in [1.807, 2.05) is 13.8 Å². The molecule has 2 amide bonds. The van der Waals surface area contributed by atoms with Gasteiger partial charge in [0.1, 0.15) is 12.0 Å². The van der Waals surface area contributed by atoms with E-state index in [4.69, 9.17) is 4.74 Å². The van der Waals surface area contributed by atoms with Gasteiger partial charge in [-0.3, -0.25) is 0 Å². The molecule has 172 valence electrons. The predicted molar refractivity (Wildman–Crippen MR) is 119 cm³/mol. The lowest BCUT2D eigenvalue weighted by Gasteiger charge is -2.22. The van der Waals surface area contributed by atoms with Crippen molar-refractivity contribution in [3.8, 4) is 11.5 Å². The van der Waals surface area contributed by atoms with Crippen molar-refractivity contribution in [2.45, 2.75) is 45.8 Å². The summed E-state index contributed by atoms with van der Waals surface area (Å²) in [5.74, 6) is 0.00532. The smallest absolute Gasteiger partial charge is 0.321 e. The minimum absolute atomic E-state index is 0.142. The number of ether oxygens (including phenoxy) is 1. The Bertz CT molecular complexity index is 1080. The molecule has 0 aliphatic carbocycles. The number of anilines is 1. The maximum atomic E-state index is 14.3. The van der Waals surface area contributed by atoms with Crippen molar-refractivity contribution in [2.75, 3.05) is 31.6 Å². The summed E-state index contributed by atoms with van der Waals surface area (Å²) in [7, 11) is 0. The van der Waals surface area contributed by atoms with Gasteiger partial charge in [-0.25, -0.2) is 18.9 Å². The zero-order valence-corrected chi connectivity index (χ0v) is 18.4. The molecular weight excluding hydrogens is 415 g/mol. The van der Waals surface area contributed by atoms with Crippen LogP contribution in [0.5, 0.6) is 0 Å². The lowest BCUT2D eigenvalue weighted by molar-refractivity contribution is -0.0393. The predicted octanol–water partition coefficient (Wildman–Crippen LogP) is 3.67. The second kappa shape index (κ2) is 9.66. The number of fused-ring (bicyclic) bond motifs is 1. The van der Waals surface area contributed by atoms with Gasteiger partial charge in [0.15, 0.2) is 11.5 Å². The van der Waals surface area contributed by atoms with Crippen molar-refractivity contribution in [2.24, 2.45) is 0 Å². The number of nitrogens with one attached hydrogen (secondary N) is 2. The molecule has 0 bridgehead atoms. The summed E-state index contributed by atoms with van der Waals surface area (Å²) in [4.78, 5) is 22.1. The van der Waals surface area contributed by atoms with Crippen LogP contribution in [0, 0.1) is 5.82 Å². The van der Waals surface area contributed by atoms with Crippen LogP contribution in [0.3, 0.4) is 0 Å². The van der Waals surface area contributed by atoms with Crippen LogP contribution in [0.2, 0.25) is 0 Å². The van der Waals surface area contributed by atoms with Gasteiger partial charge in [0, 0.05) is 32.4 Å². The number of carbonyl (C=O) groups is 1. The van der Waals surface area contributed by atoms with Crippen LogP contribution in [-0.4, -0.2) is 62.1 Å². The number of rotatable bonds is 7. The molecule has 1 fully saturated rings. The number of amides is 2. The molecule has 0 spiro atoms. The largest absolute Gasteiger partial charge is 0.396 e. The Morgan fingerprint density at radius 3 is 2.88 bits per heavy atom. The molecule has 0 saturated carbocycles. The highest BCUT2D eigenvalue weighted by molar-refractivity contribution is 5.93. The van der Waals surface area contributed by atoms with E-state index in [0.717, 1.165) is 19.3 Å². The Morgan fingerprint density at radius 2 is 2.19 bits per heavy atom. The Kier molecular flexibility index (Phi) is 6.71. The summed E-state index contributed by atoms with van der Waals surface area (Å²) in [5, 5.41) is 16.8. The third-order valence-electron chi connectivity index (χ3n) is 5.73. The molecule has 10 heteroatoms. The third-order valence-corrected chi connectivity index (χ3v) is 5.73. The van der Waals surface area contributed by atoms with Crippen LogP contribution in [0.25, 0.3) is 22.6 Å². The number of halogens is 1. The number of urea groups is 1. The van der Waals surface area contributed by atoms with Crippen molar-refractivity contribution in [1.29, 1.82) is 0 Å². The standard InChI is InChI=1S/C22H29FN6O3/c1-3-28(4-2)22(31)26-18-13-29(19-7-5-6-10-32-19)27-20(18)21-24-16-11-14(8-9-30)15(23)12-17(16)25-21/h11-13,19,30H,3-10H2,1-2H3,(H,24,25)(H,26,31). The molecule has 32 heavy (non-hydrogen) atoms. The summed E-state index contributed by atoms with van der Waals surface area (Å²) in [5.41, 5.74) is 2.45. The minimum atomic E-state index is -0.416. The number of H-pyrrole nitrogens is 1. The lowest BCUT2D eigenvalue weighted by Crippen LogP contribution is -2.34. The topological polar surface area (TPSA) is 108 Å². The average Bonchev–Trinajstić information content (AvgIpc) is 3.39. The number of imidazole rings is 1. The van der Waals surface area contributed by atoms with E-state index < -0.39 is 5.82 Å². The summed E-state index contributed by atoms with van der Waals surface area (Å²) >= 11 is 0. The molecule has 1 saturated heterocycles. The quantitative estimate of drug-likeness (QED) is 0.515. The summed E-state index contributed by atoms with van der Waals surface area (Å²) in [6.07, 6.45) is 4.66. The van der Waals surface area contributed by atoms with E-state index in [9.17, 15) is 14.3 Å². The lowest BCUT2D eigenvalue weighted by atomic mass is 10.1. The molecule has 3 N–H and O–H groups in total. The van der Waals surface area contributed by atoms with Gasteiger partial charge in [-0.05, 0) is 51.2 Å². The van der Waals surface area contributed by atoms with Crippen molar-refractivity contribution >= 4 is 22.8 Å². The van der Waals surface area contributed by atoms with E-state index in [2.05, 4.69) is 20.4 Å². The molecule has 0 radical (unpaired) electrons. The SMILES string of the molecule is CCN(CC)C(=O)Nc1cn(C2CCCCO2)nc1-c1nc2cc(F)c(CCO)cc2[nH]1. The molecule has 9 nitrogen and oxygen atoms in total. The maximum absolute atomic E-state index is 14.3. The Hall–Kier alpha value is -2.98. The first-order valence-corrected chi connectivity index (χ1v) is 11.1. The van der Waals surface area contributed by atoms with Crippen LogP contribution in [0.4, 0.5) is 14.9 Å². The fraction of sp³-hybridized carbons (Fsp3) is 0.500. The van der Waals surface area contributed by atoms with Crippen LogP contribution >= 0.6 is 0 Å². The van der Waals surface area contributed by atoms with Crippen molar-refractivity contribution in [3.05, 3.63) is 29.7 Å². The second-order valence-electron chi connectivity index (χ2n) is 7.81. The summed E-state index contributed by atoms with van der Waals surface area (Å²) in [6, 6.07) is 2.76. The second-order valence-corrected chi connectivity index (χ2v) is 7.81. The van der Waals surface area contributed by atoms with Crippen LogP contribution in [-0.2, 0) is 11.2 Å². The molecule has 1 atom stereocenters. The van der Waals surface area contributed by atoms with Gasteiger partial charge in [-0.2, -0.15) is 5.10 Å². The first-order chi connectivity index (χ1) is 15.5. The highest BCUT2D eigenvalue weighted by atomic mass is 19.1. The summed E-state index contributed by atoms with van der Waals surface area (Å²) < 4.78 is 21.9. The van der Waals surface area contributed by atoms with Gasteiger partial charge >= 0.3 is 6.03 Å². The van der Waals surface area contributed by atoms with Crippen LogP contribution in [0.1, 0.15) is 44.9 Å². The zero-order valence-electron chi connectivity index (χ0n) is 18.4. The fourth-order valence-electron chi connectivity index (χ4n) is 3.94. The van der Waals surface area contributed by atoms with Crippen molar-refractivity contribution in [1.82, 2.24) is 24.6 Å². The normalized spacial score (nSPS) is 16.4. The number of carbonyl (C=O) groups excluding carboxylic acids is 1. The molecular formula is C22H29FN6O3. The first-order valence-electron chi connectivity index (χ1n) is 11.1. The van der Waals surface area contributed by atoms with Gasteiger partial charge < -0.3 is 25.0 Å². The number of hydrogen-bond donors (Lipinski definition) is 3. The maximum Gasteiger partial charge on any atom is 0.321 e. The van der Waals surface area contributed by atoms with E-state index in [-0.39, 0.29) is 25.3 Å². The number of aliphatic hydroxyl groups is 1. The van der Waals surface area contributed by atoms with E-state index in [1.54, 1.807) is 21.8 Å². The summed E-state index contributed by atoms with van der Waals surface area (Å²) in [6.45, 7) is 5.52. The van der Waals surface area contributed by atoms with E-state index >= 15 is 0 Å². The average molecular weight is 445 g/mol. The van der Waals surface area contributed by atoms with E-state index in [1.165, 1.54) is 6.07 Å². The molecule has 1 aromatic carbocycles. The van der Waals surface area contributed by atoms with Gasteiger partial charge in [0.2, 0.25) is 0 Å². The zero-order chi connectivity index (χ0) is 22.7. The molecule has 1 aliphatic heterocycles. The molecule has 4 rings (SSSR count). The van der Waals surface area contributed by atoms with Gasteiger partial charge in [0.25, 0.3) is 0 Å². The third kappa shape index (κ3) is 4.46. The number of hydrogen-bond acceptors (Lipinski definition) is 5. The number of nitrogens with zero attached hydrogens (tertiary/aromatic N) is 4. The van der Waals surface area contributed by atoms with Gasteiger partial charge in [-0.15, -0.1) is 0 Å². The molecule has 3 aromatic rings.